The second-order valence-electron chi connectivity index (χ2n) is 4.92. The number of hydrogen-bond acceptors (Lipinski definition) is 9. The third-order valence-corrected chi connectivity index (χ3v) is 3.53. The number of hydrogen-bond donors (Lipinski definition) is 2. The minimum atomic E-state index is -1.40. The Bertz CT molecular complexity index is 540. The van der Waals surface area contributed by atoms with Crippen molar-refractivity contribution in [3.8, 4) is 0 Å². The number of nitrogens with one attached hydrogen (secondary N) is 1. The van der Waals surface area contributed by atoms with Crippen LogP contribution in [0.2, 0.25) is 0 Å². The van der Waals surface area contributed by atoms with Gasteiger partial charge in [-0.2, -0.15) is 0 Å². The van der Waals surface area contributed by atoms with Gasteiger partial charge in [0.25, 0.3) is 19.4 Å². The fourth-order valence-corrected chi connectivity index (χ4v) is 2.52. The van der Waals surface area contributed by atoms with Crippen LogP contribution in [0.15, 0.2) is 30.3 Å². The number of para-hydroxylation sites is 1. The summed E-state index contributed by atoms with van der Waals surface area (Å²) in [5, 5.41) is 13.2. The molecule has 1 aliphatic heterocycles. The smallest absolute Gasteiger partial charge is 0.293 e. The van der Waals surface area contributed by atoms with Crippen molar-refractivity contribution in [3.63, 3.8) is 0 Å². The molecule has 0 radical (unpaired) electrons. The lowest BCUT2D eigenvalue weighted by molar-refractivity contribution is -0.252. The topological polar surface area (TPSA) is 120 Å². The number of anilines is 1. The van der Waals surface area contributed by atoms with Crippen LogP contribution in [0.4, 0.5) is 5.69 Å². The second kappa shape index (κ2) is 8.85. The summed E-state index contributed by atoms with van der Waals surface area (Å²) < 4.78 is 19.9. The van der Waals surface area contributed by atoms with Crippen LogP contribution in [-0.2, 0) is 33.3 Å². The molecule has 0 amide bonds. The fourth-order valence-electron chi connectivity index (χ4n) is 2.52. The summed E-state index contributed by atoms with van der Waals surface area (Å²) >= 11 is 0. The average molecular weight is 339 g/mol. The summed E-state index contributed by atoms with van der Waals surface area (Å²) in [6.07, 6.45) is -4.52. The number of aliphatic hydroxyl groups is 1. The lowest BCUT2D eigenvalue weighted by atomic mass is 9.96. The average Bonchev–Trinajstić information content (AvgIpc) is 2.60. The molecular formula is C15H17NO8. The normalized spacial score (nSPS) is 29.1. The van der Waals surface area contributed by atoms with Crippen LogP contribution in [0, 0.1) is 0 Å². The molecule has 9 heteroatoms. The molecule has 2 rings (SSSR count). The zero-order valence-electron chi connectivity index (χ0n) is 12.5. The first-order chi connectivity index (χ1) is 11.7. The third kappa shape index (κ3) is 4.21. The van der Waals surface area contributed by atoms with E-state index in [-0.39, 0.29) is 26.0 Å². The largest absolute Gasteiger partial charge is 0.465 e. The Labute approximate surface area is 137 Å². The van der Waals surface area contributed by atoms with Crippen molar-refractivity contribution < 1.29 is 38.4 Å². The third-order valence-electron chi connectivity index (χ3n) is 3.53. The molecule has 24 heavy (non-hydrogen) atoms. The van der Waals surface area contributed by atoms with Crippen molar-refractivity contribution in [2.75, 3.05) is 11.9 Å². The molecule has 1 aliphatic rings. The van der Waals surface area contributed by atoms with Gasteiger partial charge in [-0.1, -0.05) is 18.2 Å². The van der Waals surface area contributed by atoms with Crippen molar-refractivity contribution >= 4 is 25.1 Å². The quantitative estimate of drug-likeness (QED) is 0.450. The molecule has 130 valence electrons. The monoisotopic (exact) mass is 339 g/mol. The van der Waals surface area contributed by atoms with Gasteiger partial charge in [0.1, 0.15) is 18.8 Å². The molecule has 1 heterocycles. The summed E-state index contributed by atoms with van der Waals surface area (Å²) in [7, 11) is 0. The number of aliphatic hydroxyl groups excluding tert-OH is 1. The van der Waals surface area contributed by atoms with Crippen LogP contribution in [-0.4, -0.2) is 61.8 Å². The molecule has 0 unspecified atom stereocenters. The Morgan fingerprint density at radius 1 is 1.04 bits per heavy atom. The summed E-state index contributed by atoms with van der Waals surface area (Å²) in [6.45, 7) is 0.259. The number of benzene rings is 1. The first-order valence-corrected chi connectivity index (χ1v) is 7.09. The van der Waals surface area contributed by atoms with E-state index in [1.165, 1.54) is 0 Å². The van der Waals surface area contributed by atoms with Crippen molar-refractivity contribution in [1.82, 2.24) is 0 Å². The number of ether oxygens (including phenoxy) is 4. The molecule has 9 nitrogen and oxygen atoms in total. The van der Waals surface area contributed by atoms with Crippen LogP contribution in [0.1, 0.15) is 0 Å². The zero-order chi connectivity index (χ0) is 17.4. The van der Waals surface area contributed by atoms with Crippen molar-refractivity contribution in [1.29, 1.82) is 0 Å². The van der Waals surface area contributed by atoms with E-state index in [9.17, 15) is 19.5 Å². The Kier molecular flexibility index (Phi) is 6.52. The minimum Gasteiger partial charge on any atom is -0.465 e. The number of rotatable bonds is 9. The van der Waals surface area contributed by atoms with Crippen LogP contribution in [0.5, 0.6) is 0 Å². The van der Waals surface area contributed by atoms with Crippen molar-refractivity contribution in [3.05, 3.63) is 30.3 Å². The first kappa shape index (κ1) is 17.7. The molecule has 0 spiro atoms. The van der Waals surface area contributed by atoms with E-state index in [1.807, 2.05) is 6.07 Å². The van der Waals surface area contributed by atoms with E-state index in [0.717, 1.165) is 0 Å². The fraction of sp³-hybridized carbons (Fsp3) is 0.400. The molecular weight excluding hydrogens is 322 g/mol. The number of carbonyl (C=O) groups excluding carboxylic acids is 3. The van der Waals surface area contributed by atoms with E-state index in [4.69, 9.17) is 14.2 Å². The molecule has 2 N–H and O–H groups in total. The maximum Gasteiger partial charge on any atom is 0.293 e. The molecule has 0 aromatic heterocycles. The predicted molar refractivity (Wildman–Crippen MR) is 78.6 cm³/mol. The van der Waals surface area contributed by atoms with E-state index in [2.05, 4.69) is 10.1 Å². The van der Waals surface area contributed by atoms with Crippen LogP contribution in [0.3, 0.4) is 0 Å². The summed E-state index contributed by atoms with van der Waals surface area (Å²) in [5.74, 6) is 0. The maximum absolute atomic E-state index is 10.8. The van der Waals surface area contributed by atoms with E-state index < -0.39 is 30.6 Å². The van der Waals surface area contributed by atoms with Crippen LogP contribution in [0.25, 0.3) is 0 Å². The standard InChI is InChI=1S/C15H17NO8/c17-7-21-6-11-13(22-8-18)14(23-9-19)12(15(20)24-11)16-10-4-2-1-3-5-10/h1-5,7-9,11-16,20H,6H2/t11-,12+,13-,14+,15-/m0/s1. The molecule has 1 fully saturated rings. The highest BCUT2D eigenvalue weighted by Crippen LogP contribution is 2.27. The van der Waals surface area contributed by atoms with Gasteiger partial charge < -0.3 is 29.4 Å². The Hall–Kier alpha value is -2.65. The van der Waals surface area contributed by atoms with Gasteiger partial charge in [-0.3, -0.25) is 14.4 Å². The van der Waals surface area contributed by atoms with Crippen molar-refractivity contribution in [2.24, 2.45) is 0 Å². The molecule has 1 aromatic rings. The first-order valence-electron chi connectivity index (χ1n) is 7.09. The highest BCUT2D eigenvalue weighted by Gasteiger charge is 2.48. The second-order valence-corrected chi connectivity index (χ2v) is 4.92. The van der Waals surface area contributed by atoms with Crippen LogP contribution < -0.4 is 5.32 Å². The molecule has 1 aromatic carbocycles. The zero-order valence-corrected chi connectivity index (χ0v) is 12.5. The highest BCUT2D eigenvalue weighted by atomic mass is 16.7. The lowest BCUT2D eigenvalue weighted by Gasteiger charge is -2.42. The van der Waals surface area contributed by atoms with Gasteiger partial charge in [0.2, 0.25) is 0 Å². The van der Waals surface area contributed by atoms with Gasteiger partial charge in [-0.25, -0.2) is 0 Å². The molecule has 1 saturated heterocycles. The van der Waals surface area contributed by atoms with Gasteiger partial charge in [-0.15, -0.1) is 0 Å². The summed E-state index contributed by atoms with van der Waals surface area (Å²) in [5.41, 5.74) is 0.636. The molecule has 0 aliphatic carbocycles. The van der Waals surface area contributed by atoms with Gasteiger partial charge in [0.05, 0.1) is 0 Å². The van der Waals surface area contributed by atoms with Gasteiger partial charge in [0, 0.05) is 5.69 Å². The van der Waals surface area contributed by atoms with E-state index in [0.29, 0.717) is 5.69 Å². The van der Waals surface area contributed by atoms with E-state index >= 15 is 0 Å². The molecule has 5 atom stereocenters. The Morgan fingerprint density at radius 3 is 2.33 bits per heavy atom. The molecule has 0 saturated carbocycles. The predicted octanol–water partition coefficient (Wildman–Crippen LogP) is -0.560. The Balaban J connectivity index is 2.23. The molecule has 0 bridgehead atoms. The van der Waals surface area contributed by atoms with Crippen molar-refractivity contribution in [2.45, 2.75) is 30.6 Å². The highest BCUT2D eigenvalue weighted by molar-refractivity contribution is 5.46. The van der Waals surface area contributed by atoms with Gasteiger partial charge in [0.15, 0.2) is 18.5 Å². The maximum atomic E-state index is 10.8. The summed E-state index contributed by atoms with van der Waals surface area (Å²) in [6, 6.07) is 7.92. The lowest BCUT2D eigenvalue weighted by Crippen LogP contribution is -2.62. The minimum absolute atomic E-state index is 0.167. The van der Waals surface area contributed by atoms with E-state index in [1.54, 1.807) is 24.3 Å². The van der Waals surface area contributed by atoms with Gasteiger partial charge in [-0.05, 0) is 12.1 Å². The number of carbonyl (C=O) groups is 3. The van der Waals surface area contributed by atoms with Crippen LogP contribution >= 0.6 is 0 Å². The van der Waals surface area contributed by atoms with Gasteiger partial charge >= 0.3 is 0 Å². The summed E-state index contributed by atoms with van der Waals surface area (Å²) in [4.78, 5) is 32.0. The SMILES string of the molecule is O=COC[C@@H]1O[C@H](O)[C@H](Nc2ccccc2)[C@@H](OC=O)[C@H]1OC=O. The Morgan fingerprint density at radius 2 is 1.71 bits per heavy atom.